The Labute approximate surface area is 102 Å². The minimum absolute atomic E-state index is 0.684. The SMILES string of the molecule is CCNC(CN1CCC(C)CC1)C(C)CC. The molecule has 1 aliphatic heterocycles. The second kappa shape index (κ2) is 7.29. The van der Waals surface area contributed by atoms with Crippen LogP contribution in [-0.4, -0.2) is 37.1 Å². The van der Waals surface area contributed by atoms with E-state index < -0.39 is 0 Å². The van der Waals surface area contributed by atoms with Crippen LogP contribution < -0.4 is 5.32 Å². The van der Waals surface area contributed by atoms with Crippen molar-refractivity contribution in [2.45, 2.75) is 53.0 Å². The molecule has 0 amide bonds. The molecule has 2 nitrogen and oxygen atoms in total. The van der Waals surface area contributed by atoms with Crippen LogP contribution in [0.5, 0.6) is 0 Å². The molecule has 0 aromatic carbocycles. The van der Waals surface area contributed by atoms with E-state index in [1.807, 2.05) is 0 Å². The second-order valence-electron chi connectivity index (χ2n) is 5.53. The topological polar surface area (TPSA) is 15.3 Å². The number of nitrogens with one attached hydrogen (secondary N) is 1. The van der Waals surface area contributed by atoms with Crippen molar-refractivity contribution >= 4 is 0 Å². The van der Waals surface area contributed by atoms with Crippen LogP contribution in [0.1, 0.15) is 47.0 Å². The van der Waals surface area contributed by atoms with Gasteiger partial charge in [0.1, 0.15) is 0 Å². The highest BCUT2D eigenvalue weighted by molar-refractivity contribution is 4.79. The fraction of sp³-hybridized carbons (Fsp3) is 1.00. The van der Waals surface area contributed by atoms with Gasteiger partial charge in [0.2, 0.25) is 0 Å². The molecule has 2 heteroatoms. The molecule has 0 saturated carbocycles. The zero-order chi connectivity index (χ0) is 12.0. The lowest BCUT2D eigenvalue weighted by molar-refractivity contribution is 0.159. The van der Waals surface area contributed by atoms with E-state index >= 15 is 0 Å². The summed E-state index contributed by atoms with van der Waals surface area (Å²) in [7, 11) is 0. The van der Waals surface area contributed by atoms with Crippen LogP contribution >= 0.6 is 0 Å². The quantitative estimate of drug-likeness (QED) is 0.749. The minimum Gasteiger partial charge on any atom is -0.313 e. The number of nitrogens with zero attached hydrogens (tertiary/aromatic N) is 1. The Hall–Kier alpha value is -0.0800. The normalized spacial score (nSPS) is 23.2. The van der Waals surface area contributed by atoms with Gasteiger partial charge in [-0.2, -0.15) is 0 Å². The molecule has 96 valence electrons. The molecule has 0 radical (unpaired) electrons. The predicted molar refractivity (Wildman–Crippen MR) is 71.8 cm³/mol. The fourth-order valence-electron chi connectivity index (χ4n) is 2.52. The average molecular weight is 226 g/mol. The molecule has 1 saturated heterocycles. The van der Waals surface area contributed by atoms with Crippen molar-refractivity contribution in [3.8, 4) is 0 Å². The van der Waals surface area contributed by atoms with Crippen molar-refractivity contribution in [1.29, 1.82) is 0 Å². The van der Waals surface area contributed by atoms with Gasteiger partial charge >= 0.3 is 0 Å². The molecule has 1 rings (SSSR count). The molecule has 0 aromatic heterocycles. The standard InChI is InChI=1S/C14H30N2/c1-5-13(4)14(15-6-2)11-16-9-7-12(3)8-10-16/h12-15H,5-11H2,1-4H3. The maximum Gasteiger partial charge on any atom is 0.0220 e. The molecule has 1 N–H and O–H groups in total. The maximum absolute atomic E-state index is 3.65. The van der Waals surface area contributed by atoms with E-state index in [0.717, 1.165) is 18.4 Å². The number of likely N-dealkylation sites (tertiary alicyclic amines) is 1. The highest BCUT2D eigenvalue weighted by Gasteiger charge is 2.21. The lowest BCUT2D eigenvalue weighted by Crippen LogP contribution is -2.47. The van der Waals surface area contributed by atoms with Gasteiger partial charge in [-0.3, -0.25) is 0 Å². The van der Waals surface area contributed by atoms with E-state index in [1.54, 1.807) is 0 Å². The van der Waals surface area contributed by atoms with Crippen LogP contribution in [0.4, 0.5) is 0 Å². The molecule has 1 aliphatic rings. The van der Waals surface area contributed by atoms with Crippen LogP contribution in [0.15, 0.2) is 0 Å². The maximum atomic E-state index is 3.65. The van der Waals surface area contributed by atoms with E-state index in [4.69, 9.17) is 0 Å². The molecule has 1 fully saturated rings. The van der Waals surface area contributed by atoms with Gasteiger partial charge < -0.3 is 10.2 Å². The molecular weight excluding hydrogens is 196 g/mol. The van der Waals surface area contributed by atoms with Crippen LogP contribution in [0.3, 0.4) is 0 Å². The van der Waals surface area contributed by atoms with Crippen LogP contribution in [-0.2, 0) is 0 Å². The summed E-state index contributed by atoms with van der Waals surface area (Å²) < 4.78 is 0. The Balaban J connectivity index is 2.35. The smallest absolute Gasteiger partial charge is 0.0220 e. The summed E-state index contributed by atoms with van der Waals surface area (Å²) in [5, 5.41) is 3.65. The Morgan fingerprint density at radius 2 is 1.88 bits per heavy atom. The van der Waals surface area contributed by atoms with Crippen LogP contribution in [0, 0.1) is 11.8 Å². The fourth-order valence-corrected chi connectivity index (χ4v) is 2.52. The minimum atomic E-state index is 0.684. The Kier molecular flexibility index (Phi) is 6.37. The van der Waals surface area contributed by atoms with Gasteiger partial charge in [-0.1, -0.05) is 34.1 Å². The summed E-state index contributed by atoms with van der Waals surface area (Å²) in [5.41, 5.74) is 0. The van der Waals surface area contributed by atoms with E-state index in [-0.39, 0.29) is 0 Å². The lowest BCUT2D eigenvalue weighted by Gasteiger charge is -2.35. The molecule has 0 aliphatic carbocycles. The third-order valence-corrected chi connectivity index (χ3v) is 4.13. The van der Waals surface area contributed by atoms with E-state index in [9.17, 15) is 0 Å². The van der Waals surface area contributed by atoms with Gasteiger partial charge in [-0.05, 0) is 44.3 Å². The van der Waals surface area contributed by atoms with Gasteiger partial charge in [0.25, 0.3) is 0 Å². The molecule has 2 atom stereocenters. The lowest BCUT2D eigenvalue weighted by atomic mass is 9.95. The number of piperidine rings is 1. The first-order valence-electron chi connectivity index (χ1n) is 7.13. The monoisotopic (exact) mass is 226 g/mol. The summed E-state index contributed by atoms with van der Waals surface area (Å²) in [6.45, 7) is 14.2. The zero-order valence-corrected chi connectivity index (χ0v) is 11.6. The summed E-state index contributed by atoms with van der Waals surface area (Å²) in [6.07, 6.45) is 4.06. The van der Waals surface area contributed by atoms with Crippen molar-refractivity contribution in [1.82, 2.24) is 10.2 Å². The molecular formula is C14H30N2. The van der Waals surface area contributed by atoms with Gasteiger partial charge in [0.05, 0.1) is 0 Å². The number of hydrogen-bond donors (Lipinski definition) is 1. The molecule has 2 unspecified atom stereocenters. The first-order chi connectivity index (χ1) is 7.67. The molecule has 1 heterocycles. The van der Waals surface area contributed by atoms with E-state index in [0.29, 0.717) is 6.04 Å². The second-order valence-corrected chi connectivity index (χ2v) is 5.53. The van der Waals surface area contributed by atoms with Gasteiger partial charge in [-0.25, -0.2) is 0 Å². The van der Waals surface area contributed by atoms with Gasteiger partial charge in [0, 0.05) is 12.6 Å². The summed E-state index contributed by atoms with van der Waals surface area (Å²) in [6, 6.07) is 0.684. The summed E-state index contributed by atoms with van der Waals surface area (Å²) >= 11 is 0. The molecule has 16 heavy (non-hydrogen) atoms. The molecule has 0 bridgehead atoms. The number of hydrogen-bond acceptors (Lipinski definition) is 2. The Morgan fingerprint density at radius 3 is 2.38 bits per heavy atom. The molecule has 0 spiro atoms. The van der Waals surface area contributed by atoms with Crippen LogP contribution in [0.2, 0.25) is 0 Å². The largest absolute Gasteiger partial charge is 0.313 e. The Bertz CT molecular complexity index is 174. The van der Waals surface area contributed by atoms with Crippen LogP contribution in [0.25, 0.3) is 0 Å². The van der Waals surface area contributed by atoms with E-state index in [2.05, 4.69) is 37.9 Å². The predicted octanol–water partition coefficient (Wildman–Crippen LogP) is 2.74. The Morgan fingerprint density at radius 1 is 1.25 bits per heavy atom. The highest BCUT2D eigenvalue weighted by Crippen LogP contribution is 2.18. The van der Waals surface area contributed by atoms with Gasteiger partial charge in [0.15, 0.2) is 0 Å². The van der Waals surface area contributed by atoms with Gasteiger partial charge in [-0.15, -0.1) is 0 Å². The first kappa shape index (κ1) is 14.0. The molecule has 0 aromatic rings. The van der Waals surface area contributed by atoms with Crippen molar-refractivity contribution in [2.75, 3.05) is 26.2 Å². The van der Waals surface area contributed by atoms with Crippen molar-refractivity contribution in [3.63, 3.8) is 0 Å². The summed E-state index contributed by atoms with van der Waals surface area (Å²) in [4.78, 5) is 2.65. The zero-order valence-electron chi connectivity index (χ0n) is 11.6. The summed E-state index contributed by atoms with van der Waals surface area (Å²) in [5.74, 6) is 1.73. The third kappa shape index (κ3) is 4.42. The third-order valence-electron chi connectivity index (χ3n) is 4.13. The first-order valence-corrected chi connectivity index (χ1v) is 7.13. The number of likely N-dealkylation sites (N-methyl/N-ethyl adjacent to an activating group) is 1. The van der Waals surface area contributed by atoms with E-state index in [1.165, 1.54) is 38.9 Å². The van der Waals surface area contributed by atoms with Crippen molar-refractivity contribution in [3.05, 3.63) is 0 Å². The van der Waals surface area contributed by atoms with Crippen molar-refractivity contribution in [2.24, 2.45) is 11.8 Å². The highest BCUT2D eigenvalue weighted by atomic mass is 15.2. The number of rotatable bonds is 6. The van der Waals surface area contributed by atoms with Crippen molar-refractivity contribution < 1.29 is 0 Å². The average Bonchev–Trinajstić information content (AvgIpc) is 2.30.